The van der Waals surface area contributed by atoms with E-state index < -0.39 is 18.5 Å². The number of esters is 1. The minimum Gasteiger partial charge on any atom is -0.490 e. The lowest BCUT2D eigenvalue weighted by Crippen LogP contribution is -2.21. The number of rotatable bonds is 5. The molecule has 1 amide bonds. The summed E-state index contributed by atoms with van der Waals surface area (Å²) in [7, 11) is 0. The Kier molecular flexibility index (Phi) is 6.42. The van der Waals surface area contributed by atoms with E-state index in [0.29, 0.717) is 46.0 Å². The molecule has 0 unspecified atom stereocenters. The molecule has 0 radical (unpaired) electrons. The number of ether oxygens (including phenoxy) is 3. The number of halogens is 2. The molecule has 142 valence electrons. The van der Waals surface area contributed by atoms with Crippen molar-refractivity contribution < 1.29 is 23.8 Å². The van der Waals surface area contributed by atoms with Gasteiger partial charge in [0.1, 0.15) is 0 Å². The molecule has 0 saturated carbocycles. The van der Waals surface area contributed by atoms with Gasteiger partial charge in [0.15, 0.2) is 18.1 Å². The second kappa shape index (κ2) is 8.97. The fraction of sp³-hybridized carbons (Fsp3) is 0.263. The van der Waals surface area contributed by atoms with Crippen molar-refractivity contribution in [1.29, 1.82) is 0 Å². The largest absolute Gasteiger partial charge is 0.490 e. The normalized spacial score (nSPS) is 12.8. The Labute approximate surface area is 166 Å². The number of fused-ring (bicyclic) bond motifs is 1. The third kappa shape index (κ3) is 5.28. The van der Waals surface area contributed by atoms with Crippen molar-refractivity contribution in [2.24, 2.45) is 0 Å². The van der Waals surface area contributed by atoms with Crippen LogP contribution in [-0.4, -0.2) is 31.7 Å². The summed E-state index contributed by atoms with van der Waals surface area (Å²) in [4.78, 5) is 24.0. The van der Waals surface area contributed by atoms with Gasteiger partial charge in [0.25, 0.3) is 5.91 Å². The molecule has 0 atom stereocenters. The lowest BCUT2D eigenvalue weighted by atomic mass is 10.1. The molecule has 2 aromatic carbocycles. The van der Waals surface area contributed by atoms with E-state index in [4.69, 9.17) is 37.4 Å². The highest BCUT2D eigenvalue weighted by molar-refractivity contribution is 6.36. The summed E-state index contributed by atoms with van der Waals surface area (Å²) < 4.78 is 16.1. The Bertz CT molecular complexity index is 836. The molecule has 0 spiro atoms. The van der Waals surface area contributed by atoms with Crippen LogP contribution in [0, 0.1) is 0 Å². The Morgan fingerprint density at radius 2 is 1.74 bits per heavy atom. The third-order valence-electron chi connectivity index (χ3n) is 3.78. The SMILES string of the molecule is O=C(COC(=O)Cc1c(Cl)cccc1Cl)Nc1ccc2c(c1)OCCCO2. The van der Waals surface area contributed by atoms with Gasteiger partial charge in [-0.2, -0.15) is 0 Å². The minimum atomic E-state index is -0.598. The fourth-order valence-corrected chi connectivity index (χ4v) is 3.01. The molecule has 27 heavy (non-hydrogen) atoms. The Morgan fingerprint density at radius 3 is 2.48 bits per heavy atom. The molecule has 0 aliphatic carbocycles. The molecule has 1 aliphatic heterocycles. The van der Waals surface area contributed by atoms with Crippen molar-refractivity contribution in [2.45, 2.75) is 12.8 Å². The minimum absolute atomic E-state index is 0.115. The van der Waals surface area contributed by atoms with Gasteiger partial charge in [0, 0.05) is 33.8 Å². The first-order chi connectivity index (χ1) is 13.0. The Balaban J connectivity index is 1.52. The monoisotopic (exact) mass is 409 g/mol. The van der Waals surface area contributed by atoms with Crippen LogP contribution >= 0.6 is 23.2 Å². The van der Waals surface area contributed by atoms with Gasteiger partial charge in [-0.3, -0.25) is 9.59 Å². The maximum absolute atomic E-state index is 12.0. The molecule has 0 bridgehead atoms. The zero-order chi connectivity index (χ0) is 19.2. The van der Waals surface area contributed by atoms with E-state index in [1.807, 2.05) is 0 Å². The molecular formula is C19H17Cl2NO5. The summed E-state index contributed by atoms with van der Waals surface area (Å²) in [5, 5.41) is 3.39. The lowest BCUT2D eigenvalue weighted by Gasteiger charge is -2.11. The molecule has 1 aliphatic rings. The lowest BCUT2D eigenvalue weighted by molar-refractivity contribution is -0.146. The second-order valence-corrected chi connectivity index (χ2v) is 6.61. The van der Waals surface area contributed by atoms with E-state index in [1.54, 1.807) is 36.4 Å². The van der Waals surface area contributed by atoms with Gasteiger partial charge in [-0.05, 0) is 24.3 Å². The smallest absolute Gasteiger partial charge is 0.310 e. The fourth-order valence-electron chi connectivity index (χ4n) is 2.48. The van der Waals surface area contributed by atoms with Crippen LogP contribution in [0.25, 0.3) is 0 Å². The zero-order valence-corrected chi connectivity index (χ0v) is 15.8. The van der Waals surface area contributed by atoms with Crippen LogP contribution in [0.4, 0.5) is 5.69 Å². The van der Waals surface area contributed by atoms with Crippen molar-refractivity contribution in [3.05, 3.63) is 52.0 Å². The van der Waals surface area contributed by atoms with Crippen molar-refractivity contribution in [3.63, 3.8) is 0 Å². The number of carbonyl (C=O) groups excluding carboxylic acids is 2. The Morgan fingerprint density at radius 1 is 1.04 bits per heavy atom. The van der Waals surface area contributed by atoms with Crippen LogP contribution in [0.2, 0.25) is 10.0 Å². The maximum atomic E-state index is 12.0. The molecular weight excluding hydrogens is 393 g/mol. The molecule has 0 saturated heterocycles. The highest BCUT2D eigenvalue weighted by Gasteiger charge is 2.15. The van der Waals surface area contributed by atoms with Gasteiger partial charge >= 0.3 is 5.97 Å². The number of benzene rings is 2. The van der Waals surface area contributed by atoms with Gasteiger partial charge in [-0.15, -0.1) is 0 Å². The summed E-state index contributed by atoms with van der Waals surface area (Å²) in [5.74, 6) is 0.131. The average Bonchev–Trinajstić information content (AvgIpc) is 2.88. The topological polar surface area (TPSA) is 73.9 Å². The van der Waals surface area contributed by atoms with Crippen LogP contribution in [0.5, 0.6) is 11.5 Å². The summed E-state index contributed by atoms with van der Waals surface area (Å²) in [6.07, 6.45) is 0.678. The molecule has 2 aromatic rings. The van der Waals surface area contributed by atoms with Gasteiger partial charge in [0.05, 0.1) is 19.6 Å². The van der Waals surface area contributed by atoms with Gasteiger partial charge < -0.3 is 19.5 Å². The number of hydrogen-bond acceptors (Lipinski definition) is 5. The number of carbonyl (C=O) groups is 2. The van der Waals surface area contributed by atoms with Crippen LogP contribution in [0.1, 0.15) is 12.0 Å². The van der Waals surface area contributed by atoms with Crippen LogP contribution in [0.15, 0.2) is 36.4 Å². The van der Waals surface area contributed by atoms with Crippen molar-refractivity contribution in [3.8, 4) is 11.5 Å². The summed E-state index contributed by atoms with van der Waals surface area (Å²) >= 11 is 12.0. The molecule has 1 heterocycles. The number of anilines is 1. The number of hydrogen-bond donors (Lipinski definition) is 1. The van der Waals surface area contributed by atoms with Crippen LogP contribution < -0.4 is 14.8 Å². The van der Waals surface area contributed by atoms with E-state index in [2.05, 4.69) is 5.32 Å². The zero-order valence-electron chi connectivity index (χ0n) is 14.3. The van der Waals surface area contributed by atoms with E-state index in [1.165, 1.54) is 0 Å². The molecule has 0 fully saturated rings. The first kappa shape index (κ1) is 19.3. The molecule has 1 N–H and O–H groups in total. The quantitative estimate of drug-likeness (QED) is 0.758. The van der Waals surface area contributed by atoms with E-state index >= 15 is 0 Å². The van der Waals surface area contributed by atoms with Crippen molar-refractivity contribution in [2.75, 3.05) is 25.1 Å². The molecule has 0 aromatic heterocycles. The number of amides is 1. The summed E-state index contributed by atoms with van der Waals surface area (Å²) in [6, 6.07) is 10.0. The summed E-state index contributed by atoms with van der Waals surface area (Å²) in [6.45, 7) is 0.714. The predicted octanol–water partition coefficient (Wildman–Crippen LogP) is 3.88. The predicted molar refractivity (Wildman–Crippen MR) is 102 cm³/mol. The first-order valence-corrected chi connectivity index (χ1v) is 9.06. The molecule has 8 heteroatoms. The first-order valence-electron chi connectivity index (χ1n) is 8.31. The third-order valence-corrected chi connectivity index (χ3v) is 4.49. The Hall–Kier alpha value is -2.44. The summed E-state index contributed by atoms with van der Waals surface area (Å²) in [5.41, 5.74) is 0.989. The molecule has 6 nitrogen and oxygen atoms in total. The standard InChI is InChI=1S/C19H17Cl2NO5/c20-14-3-1-4-15(21)13(14)10-19(24)27-11-18(23)22-12-5-6-16-17(9-12)26-8-2-7-25-16/h1,3-6,9H,2,7-8,10-11H2,(H,22,23). The van der Waals surface area contributed by atoms with Gasteiger partial charge in [-0.25, -0.2) is 0 Å². The van der Waals surface area contributed by atoms with E-state index in [0.717, 1.165) is 6.42 Å². The van der Waals surface area contributed by atoms with Gasteiger partial charge in [-0.1, -0.05) is 29.3 Å². The highest BCUT2D eigenvalue weighted by atomic mass is 35.5. The second-order valence-electron chi connectivity index (χ2n) is 5.80. The van der Waals surface area contributed by atoms with E-state index in [-0.39, 0.29) is 6.42 Å². The van der Waals surface area contributed by atoms with Crippen LogP contribution in [-0.2, 0) is 20.7 Å². The highest BCUT2D eigenvalue weighted by Crippen LogP contribution is 2.32. The van der Waals surface area contributed by atoms with Crippen molar-refractivity contribution >= 4 is 40.8 Å². The average molecular weight is 410 g/mol. The molecule has 3 rings (SSSR count). The van der Waals surface area contributed by atoms with Crippen LogP contribution in [0.3, 0.4) is 0 Å². The van der Waals surface area contributed by atoms with Gasteiger partial charge in [0.2, 0.25) is 0 Å². The number of nitrogens with one attached hydrogen (secondary N) is 1. The van der Waals surface area contributed by atoms with Crippen molar-refractivity contribution in [1.82, 2.24) is 0 Å². The maximum Gasteiger partial charge on any atom is 0.310 e. The van der Waals surface area contributed by atoms with E-state index in [9.17, 15) is 9.59 Å².